The van der Waals surface area contributed by atoms with Crippen molar-refractivity contribution in [3.05, 3.63) is 64.6 Å². The number of carbonyl (C=O) groups excluding carboxylic acids is 3. The average Bonchev–Trinajstić information content (AvgIpc) is 2.98. The molecule has 1 aliphatic rings. The van der Waals surface area contributed by atoms with Gasteiger partial charge in [-0.15, -0.1) is 0 Å². The highest BCUT2D eigenvalue weighted by Gasteiger charge is 2.36. The molecule has 31 heavy (non-hydrogen) atoms. The van der Waals surface area contributed by atoms with E-state index < -0.39 is 35.2 Å². The number of anilines is 1. The van der Waals surface area contributed by atoms with Gasteiger partial charge in [0.25, 0.3) is 11.1 Å². The van der Waals surface area contributed by atoms with Gasteiger partial charge < -0.3 is 10.1 Å². The van der Waals surface area contributed by atoms with E-state index >= 15 is 0 Å². The molecular weight excluding hydrogens is 426 g/mol. The summed E-state index contributed by atoms with van der Waals surface area (Å²) in [6, 6.07) is 9.73. The van der Waals surface area contributed by atoms with Crippen molar-refractivity contribution in [2.24, 2.45) is 0 Å². The molecule has 0 aliphatic carbocycles. The Hall–Kier alpha value is -3.20. The van der Waals surface area contributed by atoms with Crippen LogP contribution in [-0.2, 0) is 9.59 Å². The molecule has 0 radical (unpaired) electrons. The molecule has 1 saturated heterocycles. The Morgan fingerprint density at radius 3 is 2.55 bits per heavy atom. The van der Waals surface area contributed by atoms with E-state index in [2.05, 4.69) is 5.32 Å². The number of imide groups is 1. The van der Waals surface area contributed by atoms with E-state index in [1.54, 1.807) is 30.3 Å². The number of nitrogens with one attached hydrogen (secondary N) is 1. The second-order valence-electron chi connectivity index (χ2n) is 6.85. The predicted octanol–water partition coefficient (Wildman–Crippen LogP) is 4.82. The average molecular weight is 446 g/mol. The predicted molar refractivity (Wildman–Crippen MR) is 114 cm³/mol. The smallest absolute Gasteiger partial charge is 0.294 e. The number of amides is 3. The van der Waals surface area contributed by atoms with Crippen molar-refractivity contribution >= 4 is 40.6 Å². The number of thioether (sulfide) groups is 1. The minimum atomic E-state index is -0.955. The summed E-state index contributed by atoms with van der Waals surface area (Å²) in [5, 5.41) is 1.62. The third kappa shape index (κ3) is 5.69. The first kappa shape index (κ1) is 22.5. The molecule has 2 aromatic carbocycles. The van der Waals surface area contributed by atoms with Crippen LogP contribution in [0.5, 0.6) is 5.75 Å². The lowest BCUT2D eigenvalue weighted by atomic mass is 10.2. The summed E-state index contributed by atoms with van der Waals surface area (Å²) in [5.74, 6) is -2.44. The van der Waals surface area contributed by atoms with Gasteiger partial charge in [-0.25, -0.2) is 8.78 Å². The zero-order valence-electron chi connectivity index (χ0n) is 16.9. The van der Waals surface area contributed by atoms with E-state index in [1.165, 1.54) is 0 Å². The van der Waals surface area contributed by atoms with Crippen molar-refractivity contribution in [1.29, 1.82) is 0 Å². The highest BCUT2D eigenvalue weighted by Crippen LogP contribution is 2.32. The molecule has 3 rings (SSSR count). The Morgan fingerprint density at radius 1 is 1.19 bits per heavy atom. The summed E-state index contributed by atoms with van der Waals surface area (Å²) in [6.07, 6.45) is 2.50. The van der Waals surface area contributed by atoms with E-state index in [-0.39, 0.29) is 16.7 Å². The normalized spacial score (nSPS) is 16.0. The van der Waals surface area contributed by atoms with E-state index in [9.17, 15) is 23.2 Å². The quantitative estimate of drug-likeness (QED) is 0.618. The summed E-state index contributed by atoms with van der Waals surface area (Å²) in [4.78, 5) is 37.8. The molecule has 1 fully saturated rings. The fourth-order valence-electron chi connectivity index (χ4n) is 2.67. The number of hydrogen-bond acceptors (Lipinski definition) is 5. The zero-order valence-corrected chi connectivity index (χ0v) is 17.7. The van der Waals surface area contributed by atoms with Crippen molar-refractivity contribution in [3.63, 3.8) is 0 Å². The third-order valence-corrected chi connectivity index (χ3v) is 5.38. The van der Waals surface area contributed by atoms with Crippen LogP contribution in [0, 0.1) is 11.6 Å². The number of nitrogens with zero attached hydrogens (tertiary/aromatic N) is 1. The van der Waals surface area contributed by atoms with Crippen LogP contribution in [0.1, 0.15) is 25.8 Å². The maximum Gasteiger partial charge on any atom is 0.294 e. The van der Waals surface area contributed by atoms with Gasteiger partial charge in [-0.3, -0.25) is 19.3 Å². The summed E-state index contributed by atoms with van der Waals surface area (Å²) < 4.78 is 32.3. The van der Waals surface area contributed by atoms with Gasteiger partial charge in [-0.2, -0.15) is 0 Å². The molecule has 0 aromatic heterocycles. The maximum atomic E-state index is 13.7. The van der Waals surface area contributed by atoms with Crippen LogP contribution in [0.4, 0.5) is 19.3 Å². The number of hydrogen-bond donors (Lipinski definition) is 1. The molecule has 2 aromatic rings. The number of ether oxygens (including phenoxy) is 1. The van der Waals surface area contributed by atoms with Gasteiger partial charge in [0.15, 0.2) is 0 Å². The first-order valence-electron chi connectivity index (χ1n) is 9.53. The van der Waals surface area contributed by atoms with Gasteiger partial charge in [0.1, 0.15) is 23.9 Å². The van der Waals surface area contributed by atoms with E-state index in [0.717, 1.165) is 23.5 Å². The minimum absolute atomic E-state index is 0.0804. The molecular formula is C22H20F2N2O4S. The van der Waals surface area contributed by atoms with E-state index in [1.807, 2.05) is 13.8 Å². The summed E-state index contributed by atoms with van der Waals surface area (Å²) in [6.45, 7) is 3.40. The van der Waals surface area contributed by atoms with Crippen LogP contribution in [0.15, 0.2) is 47.4 Å². The SMILES string of the molecule is CCC(C)Oc1ccc(C=C2SC(=O)N(CC(=O)Nc3ccc(F)cc3F)C2=O)cc1. The second-order valence-corrected chi connectivity index (χ2v) is 7.84. The molecule has 3 amide bonds. The van der Waals surface area contributed by atoms with E-state index in [0.29, 0.717) is 29.1 Å². The third-order valence-electron chi connectivity index (χ3n) is 4.47. The second kappa shape index (κ2) is 9.74. The standard InChI is InChI=1S/C22H20F2N2O4S/c1-3-13(2)30-16-7-4-14(5-8-16)10-19-21(28)26(22(29)31-19)12-20(27)25-18-9-6-15(23)11-17(18)24/h4-11,13H,3,12H2,1-2H3,(H,25,27). The number of rotatable bonds is 7. The van der Waals surface area contributed by atoms with Gasteiger partial charge in [0, 0.05) is 6.07 Å². The van der Waals surface area contributed by atoms with Gasteiger partial charge in [-0.1, -0.05) is 19.1 Å². The molecule has 9 heteroatoms. The molecule has 0 saturated carbocycles. The van der Waals surface area contributed by atoms with Gasteiger partial charge in [0.2, 0.25) is 5.91 Å². The fraction of sp³-hybridized carbons (Fsp3) is 0.227. The topological polar surface area (TPSA) is 75.7 Å². The summed E-state index contributed by atoms with van der Waals surface area (Å²) >= 11 is 0.712. The maximum absolute atomic E-state index is 13.7. The Bertz CT molecular complexity index is 1040. The van der Waals surface area contributed by atoms with Crippen molar-refractivity contribution < 1.29 is 27.9 Å². The van der Waals surface area contributed by atoms with Crippen LogP contribution in [0.2, 0.25) is 0 Å². The number of halogens is 2. The Morgan fingerprint density at radius 2 is 1.90 bits per heavy atom. The minimum Gasteiger partial charge on any atom is -0.491 e. The lowest BCUT2D eigenvalue weighted by Gasteiger charge is -2.13. The largest absolute Gasteiger partial charge is 0.491 e. The van der Waals surface area contributed by atoms with Crippen molar-refractivity contribution in [2.45, 2.75) is 26.4 Å². The van der Waals surface area contributed by atoms with Crippen molar-refractivity contribution in [2.75, 3.05) is 11.9 Å². The summed E-state index contributed by atoms with van der Waals surface area (Å²) in [7, 11) is 0. The lowest BCUT2D eigenvalue weighted by Crippen LogP contribution is -2.36. The van der Waals surface area contributed by atoms with Gasteiger partial charge in [-0.05, 0) is 61.0 Å². The monoisotopic (exact) mass is 446 g/mol. The first-order valence-corrected chi connectivity index (χ1v) is 10.4. The first-order chi connectivity index (χ1) is 14.8. The molecule has 1 aliphatic heterocycles. The Kier molecular flexibility index (Phi) is 7.06. The Labute approximate surface area is 182 Å². The van der Waals surface area contributed by atoms with Crippen LogP contribution in [0.25, 0.3) is 6.08 Å². The van der Waals surface area contributed by atoms with Gasteiger partial charge >= 0.3 is 0 Å². The number of benzene rings is 2. The zero-order chi connectivity index (χ0) is 22.5. The van der Waals surface area contributed by atoms with E-state index in [4.69, 9.17) is 4.74 Å². The molecule has 162 valence electrons. The number of carbonyl (C=O) groups is 3. The highest BCUT2D eigenvalue weighted by molar-refractivity contribution is 8.18. The van der Waals surface area contributed by atoms with Crippen LogP contribution in [-0.4, -0.2) is 34.6 Å². The molecule has 1 heterocycles. The van der Waals surface area contributed by atoms with Gasteiger partial charge in [0.05, 0.1) is 16.7 Å². The summed E-state index contributed by atoms with van der Waals surface area (Å²) in [5.41, 5.74) is 0.452. The molecule has 0 spiro atoms. The molecule has 1 atom stereocenters. The van der Waals surface area contributed by atoms with Crippen molar-refractivity contribution in [1.82, 2.24) is 4.90 Å². The molecule has 1 N–H and O–H groups in total. The fourth-order valence-corrected chi connectivity index (χ4v) is 3.51. The van der Waals surface area contributed by atoms with Crippen LogP contribution >= 0.6 is 11.8 Å². The molecule has 6 nitrogen and oxygen atoms in total. The van der Waals surface area contributed by atoms with Crippen LogP contribution in [0.3, 0.4) is 0 Å². The highest BCUT2D eigenvalue weighted by atomic mass is 32.2. The molecule has 1 unspecified atom stereocenters. The lowest BCUT2D eigenvalue weighted by molar-refractivity contribution is -0.127. The van der Waals surface area contributed by atoms with Crippen LogP contribution < -0.4 is 10.1 Å². The Balaban J connectivity index is 1.65. The molecule has 0 bridgehead atoms. The van der Waals surface area contributed by atoms with Crippen molar-refractivity contribution in [3.8, 4) is 5.75 Å².